The zero-order valence-corrected chi connectivity index (χ0v) is 27.7. The molecule has 8 nitrogen and oxygen atoms in total. The van der Waals surface area contributed by atoms with Crippen molar-refractivity contribution >= 4 is 19.8 Å². The quantitative estimate of drug-likeness (QED) is 0.0365. The average Bonchev–Trinajstić information content (AvgIpc) is 2.97. The minimum absolute atomic E-state index is 0.203. The number of phosphoric ester groups is 1. The topological polar surface area (TPSA) is 119 Å². The molecule has 0 aromatic carbocycles. The summed E-state index contributed by atoms with van der Waals surface area (Å²) >= 11 is 0. The summed E-state index contributed by atoms with van der Waals surface area (Å²) in [5, 5.41) is 0. The Balaban J connectivity index is 4.11. The molecule has 0 aliphatic rings. The first-order chi connectivity index (χ1) is 20.8. The predicted octanol–water partition coefficient (Wildman–Crippen LogP) is 9.23. The van der Waals surface area contributed by atoms with Crippen LogP contribution in [0.1, 0.15) is 136 Å². The van der Waals surface area contributed by atoms with Gasteiger partial charge in [0.15, 0.2) is 6.10 Å². The Kier molecular flexibility index (Phi) is 28.7. The molecule has 0 rings (SSSR count). The van der Waals surface area contributed by atoms with Crippen LogP contribution in [0.2, 0.25) is 0 Å². The lowest BCUT2D eigenvalue weighted by molar-refractivity contribution is -0.161. The number of allylic oxidation sites excluding steroid dienone is 8. The molecule has 1 atom stereocenters. The fourth-order valence-electron chi connectivity index (χ4n) is 4.19. The van der Waals surface area contributed by atoms with Crippen LogP contribution in [0.25, 0.3) is 0 Å². The highest BCUT2D eigenvalue weighted by Crippen LogP contribution is 2.35. The number of unbranched alkanes of at least 4 members (excludes halogenated alkanes) is 11. The highest BCUT2D eigenvalue weighted by Gasteiger charge is 2.22. The minimum Gasteiger partial charge on any atom is -0.462 e. The molecule has 0 aromatic heterocycles. The van der Waals surface area contributed by atoms with Gasteiger partial charge >= 0.3 is 19.8 Å². The second-order valence-corrected chi connectivity index (χ2v) is 12.0. The molecule has 2 N–H and O–H groups in total. The molecule has 9 heteroatoms. The van der Waals surface area contributed by atoms with E-state index in [1.807, 2.05) is 0 Å². The van der Waals surface area contributed by atoms with E-state index in [0.29, 0.717) is 12.8 Å². The van der Waals surface area contributed by atoms with Crippen molar-refractivity contribution < 1.29 is 37.9 Å². The van der Waals surface area contributed by atoms with E-state index in [2.05, 4.69) is 67.0 Å². The van der Waals surface area contributed by atoms with Gasteiger partial charge in [0.2, 0.25) is 0 Å². The van der Waals surface area contributed by atoms with Crippen molar-refractivity contribution in [2.75, 3.05) is 13.2 Å². The van der Waals surface area contributed by atoms with Crippen LogP contribution < -0.4 is 0 Å². The van der Waals surface area contributed by atoms with Gasteiger partial charge in [0.25, 0.3) is 0 Å². The summed E-state index contributed by atoms with van der Waals surface area (Å²) in [4.78, 5) is 42.4. The fourth-order valence-corrected chi connectivity index (χ4v) is 4.55. The maximum Gasteiger partial charge on any atom is 0.469 e. The smallest absolute Gasteiger partial charge is 0.462 e. The van der Waals surface area contributed by atoms with E-state index in [-0.39, 0.29) is 19.4 Å². The molecule has 0 amide bonds. The first-order valence-corrected chi connectivity index (χ1v) is 18.0. The van der Waals surface area contributed by atoms with Crippen LogP contribution in [0.3, 0.4) is 0 Å². The van der Waals surface area contributed by atoms with Gasteiger partial charge in [0.05, 0.1) is 6.61 Å². The Morgan fingerprint density at radius 3 is 1.67 bits per heavy atom. The lowest BCUT2D eigenvalue weighted by Crippen LogP contribution is -2.29. The molecule has 0 saturated carbocycles. The highest BCUT2D eigenvalue weighted by atomic mass is 31.2. The van der Waals surface area contributed by atoms with E-state index in [0.717, 1.165) is 57.8 Å². The molecule has 0 spiro atoms. The summed E-state index contributed by atoms with van der Waals surface area (Å²) < 4.78 is 26.1. The zero-order chi connectivity index (χ0) is 31.9. The molecular formula is C34H59O8P. The molecule has 0 aromatic rings. The molecule has 0 unspecified atom stereocenters. The number of phosphoric acid groups is 1. The van der Waals surface area contributed by atoms with Crippen molar-refractivity contribution in [3.8, 4) is 0 Å². The summed E-state index contributed by atoms with van der Waals surface area (Å²) in [6, 6.07) is 0. The Morgan fingerprint density at radius 1 is 0.628 bits per heavy atom. The van der Waals surface area contributed by atoms with Crippen LogP contribution in [-0.4, -0.2) is 41.0 Å². The summed E-state index contributed by atoms with van der Waals surface area (Å²) in [6.07, 6.45) is 34.1. The normalized spacial score (nSPS) is 13.1. The molecule has 0 heterocycles. The number of hydrogen-bond acceptors (Lipinski definition) is 6. The maximum atomic E-state index is 12.3. The molecule has 0 saturated heterocycles. The Hall–Kier alpha value is -1.99. The van der Waals surface area contributed by atoms with Crippen LogP contribution >= 0.6 is 7.82 Å². The Morgan fingerprint density at radius 2 is 1.12 bits per heavy atom. The van der Waals surface area contributed by atoms with Gasteiger partial charge in [-0.25, -0.2) is 4.57 Å². The van der Waals surface area contributed by atoms with Gasteiger partial charge < -0.3 is 19.3 Å². The van der Waals surface area contributed by atoms with Gasteiger partial charge in [-0.05, 0) is 51.4 Å². The lowest BCUT2D eigenvalue weighted by atomic mass is 10.1. The Bertz CT molecular complexity index is 843. The molecule has 0 fully saturated rings. The van der Waals surface area contributed by atoms with E-state index < -0.39 is 32.5 Å². The lowest BCUT2D eigenvalue weighted by Gasteiger charge is -2.18. The van der Waals surface area contributed by atoms with Crippen LogP contribution in [0.5, 0.6) is 0 Å². The van der Waals surface area contributed by atoms with Crippen molar-refractivity contribution in [2.24, 2.45) is 0 Å². The molecule has 248 valence electrons. The molecule has 0 radical (unpaired) electrons. The van der Waals surface area contributed by atoms with Crippen LogP contribution in [0, 0.1) is 0 Å². The van der Waals surface area contributed by atoms with Crippen molar-refractivity contribution in [2.45, 2.75) is 142 Å². The summed E-state index contributed by atoms with van der Waals surface area (Å²) in [7, 11) is -4.75. The zero-order valence-electron chi connectivity index (χ0n) is 26.8. The predicted molar refractivity (Wildman–Crippen MR) is 174 cm³/mol. The number of rotatable bonds is 29. The van der Waals surface area contributed by atoms with Crippen LogP contribution in [0.4, 0.5) is 0 Å². The van der Waals surface area contributed by atoms with Gasteiger partial charge in [-0.3, -0.25) is 14.1 Å². The van der Waals surface area contributed by atoms with E-state index >= 15 is 0 Å². The second kappa shape index (κ2) is 30.1. The van der Waals surface area contributed by atoms with Crippen molar-refractivity contribution in [1.29, 1.82) is 0 Å². The number of hydrogen-bond donors (Lipinski definition) is 2. The molecular weight excluding hydrogens is 567 g/mol. The van der Waals surface area contributed by atoms with E-state index in [9.17, 15) is 14.2 Å². The van der Waals surface area contributed by atoms with Gasteiger partial charge in [-0.15, -0.1) is 0 Å². The second-order valence-electron chi connectivity index (χ2n) is 10.8. The number of carbonyl (C=O) groups excluding carboxylic acids is 2. The van der Waals surface area contributed by atoms with Gasteiger partial charge in [-0.1, -0.05) is 120 Å². The van der Waals surface area contributed by atoms with Crippen LogP contribution in [-0.2, 0) is 28.2 Å². The van der Waals surface area contributed by atoms with Crippen molar-refractivity contribution in [1.82, 2.24) is 0 Å². The third-order valence-electron chi connectivity index (χ3n) is 6.61. The average molecular weight is 627 g/mol. The first kappa shape index (κ1) is 41.0. The van der Waals surface area contributed by atoms with Gasteiger partial charge in [0, 0.05) is 12.8 Å². The first-order valence-electron chi connectivity index (χ1n) is 16.4. The number of esters is 2. The third-order valence-corrected chi connectivity index (χ3v) is 7.10. The SMILES string of the molecule is CC/C=C/C/C=C/C/C=C/C/C=C/CCCCC(=O)OC[C@H](COP(=O)(O)O)OC(=O)CCCCCCCCCCCC. The minimum atomic E-state index is -4.75. The molecule has 0 aliphatic carbocycles. The monoisotopic (exact) mass is 626 g/mol. The standard InChI is InChI=1S/C34H59O8P/c1-3-5-7-9-11-13-15-16-17-18-19-21-22-24-26-28-33(35)40-30-32(31-41-43(37,38)39)42-34(36)29-27-25-23-20-14-12-10-8-6-4-2/h5,7,11,13,16-17,19,21,32H,3-4,6,8-10,12,14-15,18,20,22-31H2,1-2H3,(H2,37,38,39)/b7-5+,13-11+,17-16+,21-19+/t32-/m1/s1. The molecule has 0 bridgehead atoms. The van der Waals surface area contributed by atoms with Crippen LogP contribution in [0.15, 0.2) is 48.6 Å². The summed E-state index contributed by atoms with van der Waals surface area (Å²) in [6.45, 7) is 3.48. The van der Waals surface area contributed by atoms with Crippen molar-refractivity contribution in [3.05, 3.63) is 48.6 Å². The highest BCUT2D eigenvalue weighted by molar-refractivity contribution is 7.46. The van der Waals surface area contributed by atoms with Gasteiger partial charge in [-0.2, -0.15) is 0 Å². The van der Waals surface area contributed by atoms with E-state index in [4.69, 9.17) is 19.3 Å². The number of ether oxygens (including phenoxy) is 2. The van der Waals surface area contributed by atoms with Crippen molar-refractivity contribution in [3.63, 3.8) is 0 Å². The third kappa shape index (κ3) is 32.8. The maximum absolute atomic E-state index is 12.3. The van der Waals surface area contributed by atoms with Gasteiger partial charge in [0.1, 0.15) is 6.61 Å². The molecule has 0 aliphatic heterocycles. The summed E-state index contributed by atoms with van der Waals surface area (Å²) in [5.74, 6) is -0.940. The fraction of sp³-hybridized carbons (Fsp3) is 0.706. The largest absolute Gasteiger partial charge is 0.469 e. The summed E-state index contributed by atoms with van der Waals surface area (Å²) in [5.41, 5.74) is 0. The van der Waals surface area contributed by atoms with E-state index in [1.165, 1.54) is 38.5 Å². The number of carbonyl (C=O) groups is 2. The Labute approximate surface area is 261 Å². The van der Waals surface area contributed by atoms with E-state index in [1.54, 1.807) is 0 Å². The molecule has 43 heavy (non-hydrogen) atoms.